The summed E-state index contributed by atoms with van der Waals surface area (Å²) in [5.74, 6) is -0.0942. The highest BCUT2D eigenvalue weighted by Crippen LogP contribution is 2.37. The van der Waals surface area contributed by atoms with E-state index >= 15 is 0 Å². The summed E-state index contributed by atoms with van der Waals surface area (Å²) in [5, 5.41) is 1.40. The molecule has 0 radical (unpaired) electrons. The van der Waals surface area contributed by atoms with Crippen molar-refractivity contribution in [2.45, 2.75) is 51.4 Å². The first kappa shape index (κ1) is 13.6. The number of carbonyl (C=O) groups excluding carboxylic acids is 1. The molecule has 1 aliphatic carbocycles. The zero-order valence-corrected chi connectivity index (χ0v) is 11.9. The molecule has 0 bridgehead atoms. The smallest absolute Gasteiger partial charge is 0.280 e. The predicted molar refractivity (Wildman–Crippen MR) is 74.9 cm³/mol. The van der Waals surface area contributed by atoms with Crippen LogP contribution in [-0.4, -0.2) is 23.7 Å². The zero-order chi connectivity index (χ0) is 13.9. The lowest BCUT2D eigenvalue weighted by atomic mass is 9.97. The van der Waals surface area contributed by atoms with Gasteiger partial charge in [0.05, 0.1) is 12.7 Å². The van der Waals surface area contributed by atoms with Crippen molar-refractivity contribution in [3.63, 3.8) is 0 Å². The Labute approximate surface area is 119 Å². The van der Waals surface area contributed by atoms with E-state index in [1.807, 2.05) is 31.2 Å². The number of hydrogen-bond acceptors (Lipinski definition) is 3. The van der Waals surface area contributed by atoms with Crippen molar-refractivity contribution in [1.82, 2.24) is 5.06 Å². The molecule has 1 fully saturated rings. The van der Waals surface area contributed by atoms with Gasteiger partial charge in [-0.15, -0.1) is 0 Å². The number of amides is 1. The fraction of sp³-hybridized carbons (Fsp3) is 0.562. The van der Waals surface area contributed by atoms with Crippen molar-refractivity contribution in [1.29, 1.82) is 0 Å². The lowest BCUT2D eigenvalue weighted by Gasteiger charge is -2.30. The number of hydroxylamine groups is 2. The molecule has 1 aromatic carbocycles. The molecule has 0 aromatic heterocycles. The Hall–Kier alpha value is -1.39. The molecule has 1 aromatic rings. The maximum Gasteiger partial charge on any atom is 0.280 e. The van der Waals surface area contributed by atoms with Crippen LogP contribution in [-0.2, 0) is 9.57 Å². The van der Waals surface area contributed by atoms with E-state index in [1.54, 1.807) is 0 Å². The molecule has 3 rings (SSSR count). The van der Waals surface area contributed by atoms with E-state index in [0.717, 1.165) is 18.4 Å². The summed E-state index contributed by atoms with van der Waals surface area (Å²) in [4.78, 5) is 17.9. The molecule has 2 aliphatic rings. The minimum atomic E-state index is -0.387. The van der Waals surface area contributed by atoms with Gasteiger partial charge in [-0.3, -0.25) is 9.63 Å². The van der Waals surface area contributed by atoms with Crippen LogP contribution in [0.3, 0.4) is 0 Å². The van der Waals surface area contributed by atoms with E-state index in [4.69, 9.17) is 9.57 Å². The van der Waals surface area contributed by atoms with E-state index in [-0.39, 0.29) is 18.2 Å². The van der Waals surface area contributed by atoms with Crippen LogP contribution in [0.15, 0.2) is 24.3 Å². The van der Waals surface area contributed by atoms with Crippen LogP contribution >= 0.6 is 0 Å². The van der Waals surface area contributed by atoms with Crippen molar-refractivity contribution in [2.75, 3.05) is 6.61 Å². The number of nitrogens with zero attached hydrogens (tertiary/aromatic N) is 1. The SMILES string of the molecule is CCON1C(=O)c2ccccc2C1OC1CCCCC1. The van der Waals surface area contributed by atoms with Crippen LogP contribution in [0.2, 0.25) is 0 Å². The second-order valence-corrected chi connectivity index (χ2v) is 5.38. The van der Waals surface area contributed by atoms with Crippen molar-refractivity contribution < 1.29 is 14.4 Å². The Morgan fingerprint density at radius 2 is 1.95 bits per heavy atom. The third-order valence-electron chi connectivity index (χ3n) is 4.01. The number of hydrogen-bond donors (Lipinski definition) is 0. The summed E-state index contributed by atoms with van der Waals surface area (Å²) >= 11 is 0. The van der Waals surface area contributed by atoms with Gasteiger partial charge < -0.3 is 4.74 Å². The van der Waals surface area contributed by atoms with Gasteiger partial charge in [-0.05, 0) is 25.8 Å². The van der Waals surface area contributed by atoms with E-state index in [2.05, 4.69) is 0 Å². The van der Waals surface area contributed by atoms with Gasteiger partial charge in [-0.1, -0.05) is 37.5 Å². The fourth-order valence-corrected chi connectivity index (χ4v) is 3.04. The maximum absolute atomic E-state index is 12.4. The molecule has 20 heavy (non-hydrogen) atoms. The van der Waals surface area contributed by atoms with Gasteiger partial charge in [-0.2, -0.15) is 5.06 Å². The highest BCUT2D eigenvalue weighted by Gasteiger charge is 2.39. The molecule has 1 unspecified atom stereocenters. The molecule has 1 amide bonds. The molecule has 1 saturated carbocycles. The van der Waals surface area contributed by atoms with E-state index < -0.39 is 0 Å². The van der Waals surface area contributed by atoms with Crippen molar-refractivity contribution in [2.24, 2.45) is 0 Å². The Morgan fingerprint density at radius 1 is 1.20 bits per heavy atom. The van der Waals surface area contributed by atoms with Gasteiger partial charge >= 0.3 is 0 Å². The summed E-state index contributed by atoms with van der Waals surface area (Å²) in [5.41, 5.74) is 1.62. The molecule has 4 nitrogen and oxygen atoms in total. The molecular formula is C16H21NO3. The van der Waals surface area contributed by atoms with Gasteiger partial charge in [0.1, 0.15) is 0 Å². The lowest BCUT2D eigenvalue weighted by Crippen LogP contribution is -2.32. The first-order chi connectivity index (χ1) is 9.81. The minimum absolute atomic E-state index is 0.0942. The highest BCUT2D eigenvalue weighted by atomic mass is 16.7. The van der Waals surface area contributed by atoms with E-state index in [9.17, 15) is 4.79 Å². The third-order valence-corrected chi connectivity index (χ3v) is 4.01. The normalized spacial score (nSPS) is 23.1. The molecule has 0 spiro atoms. The van der Waals surface area contributed by atoms with Crippen LogP contribution in [0.5, 0.6) is 0 Å². The van der Waals surface area contributed by atoms with Crippen LogP contribution in [0.25, 0.3) is 0 Å². The molecule has 1 atom stereocenters. The van der Waals surface area contributed by atoms with E-state index in [0.29, 0.717) is 12.2 Å². The average Bonchev–Trinajstić information content (AvgIpc) is 2.75. The Bertz CT molecular complexity index is 482. The second kappa shape index (κ2) is 5.94. The number of ether oxygens (including phenoxy) is 1. The minimum Gasteiger partial charge on any atom is -0.348 e. The highest BCUT2D eigenvalue weighted by molar-refractivity contribution is 5.98. The van der Waals surface area contributed by atoms with Crippen LogP contribution in [0.1, 0.15) is 61.2 Å². The largest absolute Gasteiger partial charge is 0.348 e. The average molecular weight is 275 g/mol. The summed E-state index contributed by atoms with van der Waals surface area (Å²) in [6, 6.07) is 7.62. The fourth-order valence-electron chi connectivity index (χ4n) is 3.04. The Morgan fingerprint density at radius 3 is 2.70 bits per heavy atom. The summed E-state index contributed by atoms with van der Waals surface area (Å²) < 4.78 is 6.19. The summed E-state index contributed by atoms with van der Waals surface area (Å²) in [7, 11) is 0. The summed E-state index contributed by atoms with van der Waals surface area (Å²) in [6.45, 7) is 2.35. The van der Waals surface area contributed by atoms with Gasteiger partial charge in [0.15, 0.2) is 6.23 Å². The number of benzene rings is 1. The Kier molecular flexibility index (Phi) is 4.03. The van der Waals surface area contributed by atoms with Crippen molar-refractivity contribution in [3.8, 4) is 0 Å². The standard InChI is InChI=1S/C16H21NO3/c1-2-19-17-15(18)13-10-6-7-11-14(13)16(17)20-12-8-4-3-5-9-12/h6-7,10-12,16H,2-5,8-9H2,1H3. The molecule has 0 N–H and O–H groups in total. The maximum atomic E-state index is 12.4. The monoisotopic (exact) mass is 275 g/mol. The first-order valence-electron chi connectivity index (χ1n) is 7.52. The van der Waals surface area contributed by atoms with E-state index in [1.165, 1.54) is 24.3 Å². The van der Waals surface area contributed by atoms with Crippen LogP contribution < -0.4 is 0 Å². The predicted octanol–water partition coefficient (Wildman–Crippen LogP) is 3.44. The van der Waals surface area contributed by atoms with Gasteiger partial charge in [-0.25, -0.2) is 0 Å². The second-order valence-electron chi connectivity index (χ2n) is 5.38. The number of carbonyl (C=O) groups is 1. The van der Waals surface area contributed by atoms with Gasteiger partial charge in [0.25, 0.3) is 5.91 Å². The lowest BCUT2D eigenvalue weighted by molar-refractivity contribution is -0.229. The molecule has 108 valence electrons. The number of fused-ring (bicyclic) bond motifs is 1. The molecular weight excluding hydrogens is 254 g/mol. The van der Waals surface area contributed by atoms with Crippen molar-refractivity contribution >= 4 is 5.91 Å². The van der Waals surface area contributed by atoms with Gasteiger partial charge in [0, 0.05) is 11.1 Å². The Balaban J connectivity index is 1.83. The molecule has 4 heteroatoms. The summed E-state index contributed by atoms with van der Waals surface area (Å²) in [6.07, 6.45) is 5.70. The van der Waals surface area contributed by atoms with Crippen LogP contribution in [0.4, 0.5) is 0 Å². The zero-order valence-electron chi connectivity index (χ0n) is 11.9. The quantitative estimate of drug-likeness (QED) is 0.845. The molecule has 0 saturated heterocycles. The molecule has 1 heterocycles. The first-order valence-corrected chi connectivity index (χ1v) is 7.52. The van der Waals surface area contributed by atoms with Crippen LogP contribution in [0, 0.1) is 0 Å². The number of rotatable bonds is 4. The molecule has 1 aliphatic heterocycles. The third kappa shape index (κ3) is 2.45. The van der Waals surface area contributed by atoms with Crippen molar-refractivity contribution in [3.05, 3.63) is 35.4 Å². The van der Waals surface area contributed by atoms with Gasteiger partial charge in [0.2, 0.25) is 0 Å². The topological polar surface area (TPSA) is 38.8 Å².